The normalized spacial score (nSPS) is 11.1. The summed E-state index contributed by atoms with van der Waals surface area (Å²) in [6.45, 7) is 14.9. The van der Waals surface area contributed by atoms with E-state index in [0.717, 1.165) is 16.9 Å². The molecule has 0 unspecified atom stereocenters. The summed E-state index contributed by atoms with van der Waals surface area (Å²) in [5.41, 5.74) is 2.91. The second kappa shape index (κ2) is 6.84. The molecule has 0 aliphatic carbocycles. The molecule has 0 aliphatic heterocycles. The molecule has 74 valence electrons. The van der Waals surface area contributed by atoms with Crippen LogP contribution in [0.5, 0.6) is 0 Å². The number of aliphatic imine (C=N–C) groups is 1. The highest BCUT2D eigenvalue weighted by Gasteiger charge is 2.00. The van der Waals surface area contributed by atoms with Crippen molar-refractivity contribution in [2.75, 3.05) is 0 Å². The molecule has 14 heavy (non-hydrogen) atoms. The van der Waals surface area contributed by atoms with Crippen LogP contribution in [0.2, 0.25) is 0 Å². The second-order valence-electron chi connectivity index (χ2n) is 2.67. The Labute approximate surface area is 86.6 Å². The van der Waals surface area contributed by atoms with Crippen molar-refractivity contribution in [3.05, 3.63) is 61.4 Å². The van der Waals surface area contributed by atoms with Crippen molar-refractivity contribution in [1.29, 1.82) is 0 Å². The van der Waals surface area contributed by atoms with Crippen molar-refractivity contribution in [2.24, 2.45) is 4.99 Å². The summed E-state index contributed by atoms with van der Waals surface area (Å²) in [6, 6.07) is 0. The van der Waals surface area contributed by atoms with E-state index in [2.05, 4.69) is 24.7 Å². The SMILES string of the molecule is C=CN=C(C)C(/C=C\C)=C(C=C)C=C. The summed E-state index contributed by atoms with van der Waals surface area (Å²) < 4.78 is 0. The van der Waals surface area contributed by atoms with Crippen molar-refractivity contribution < 1.29 is 0 Å². The van der Waals surface area contributed by atoms with Gasteiger partial charge in [-0.25, -0.2) is 0 Å². The highest BCUT2D eigenvalue weighted by Crippen LogP contribution is 2.11. The lowest BCUT2D eigenvalue weighted by Crippen LogP contribution is -1.97. The Morgan fingerprint density at radius 3 is 2.07 bits per heavy atom. The van der Waals surface area contributed by atoms with Crippen molar-refractivity contribution >= 4 is 5.71 Å². The van der Waals surface area contributed by atoms with Crippen LogP contribution in [0.25, 0.3) is 0 Å². The van der Waals surface area contributed by atoms with Crippen LogP contribution < -0.4 is 0 Å². The van der Waals surface area contributed by atoms with Crippen LogP contribution in [-0.2, 0) is 0 Å². The van der Waals surface area contributed by atoms with Crippen LogP contribution in [0.1, 0.15) is 13.8 Å². The number of hydrogen-bond donors (Lipinski definition) is 0. The van der Waals surface area contributed by atoms with Crippen LogP contribution in [0.4, 0.5) is 0 Å². The first-order valence-corrected chi connectivity index (χ1v) is 4.48. The molecule has 0 saturated carbocycles. The molecule has 0 fully saturated rings. The van der Waals surface area contributed by atoms with E-state index in [0.29, 0.717) is 0 Å². The monoisotopic (exact) mass is 187 g/mol. The number of allylic oxidation sites excluding steroid dienone is 6. The zero-order valence-corrected chi connectivity index (χ0v) is 8.96. The van der Waals surface area contributed by atoms with Crippen LogP contribution in [0.3, 0.4) is 0 Å². The van der Waals surface area contributed by atoms with Gasteiger partial charge in [0.1, 0.15) is 0 Å². The van der Waals surface area contributed by atoms with Gasteiger partial charge in [0.25, 0.3) is 0 Å². The second-order valence-corrected chi connectivity index (χ2v) is 2.67. The maximum atomic E-state index is 4.14. The first kappa shape index (κ1) is 12.4. The van der Waals surface area contributed by atoms with Gasteiger partial charge in [-0.05, 0) is 19.4 Å². The fourth-order valence-corrected chi connectivity index (χ4v) is 1.10. The Balaban J connectivity index is 5.42. The average Bonchev–Trinajstić information content (AvgIpc) is 2.18. The molecule has 0 amide bonds. The van der Waals surface area contributed by atoms with E-state index in [1.54, 1.807) is 12.2 Å². The molecular formula is C13H17N. The summed E-state index contributed by atoms with van der Waals surface area (Å²) in [4.78, 5) is 4.14. The molecule has 0 atom stereocenters. The van der Waals surface area contributed by atoms with Gasteiger partial charge in [0.15, 0.2) is 0 Å². The molecule has 0 radical (unpaired) electrons. The lowest BCUT2D eigenvalue weighted by Gasteiger charge is -2.04. The standard InChI is InChI=1S/C13H17N/c1-6-10-13(11(5)14-9-4)12(7-2)8-3/h6-10H,2-4H2,1,5H3/b10-6-,14-11?. The summed E-state index contributed by atoms with van der Waals surface area (Å²) in [6.07, 6.45) is 9.02. The van der Waals surface area contributed by atoms with E-state index < -0.39 is 0 Å². The summed E-state index contributed by atoms with van der Waals surface area (Å²) in [5, 5.41) is 0. The molecule has 0 N–H and O–H groups in total. The fourth-order valence-electron chi connectivity index (χ4n) is 1.10. The Morgan fingerprint density at radius 1 is 1.14 bits per heavy atom. The van der Waals surface area contributed by atoms with Crippen LogP contribution in [-0.4, -0.2) is 5.71 Å². The molecule has 1 heteroatoms. The molecule has 0 saturated heterocycles. The van der Waals surface area contributed by atoms with E-state index in [4.69, 9.17) is 0 Å². The van der Waals surface area contributed by atoms with E-state index in [1.165, 1.54) is 6.20 Å². The molecule has 0 aromatic carbocycles. The Hall–Kier alpha value is -1.63. The zero-order valence-electron chi connectivity index (χ0n) is 8.96. The van der Waals surface area contributed by atoms with E-state index in [9.17, 15) is 0 Å². The molecule has 0 aromatic rings. The Morgan fingerprint density at radius 2 is 1.71 bits per heavy atom. The van der Waals surface area contributed by atoms with Gasteiger partial charge in [0, 0.05) is 17.5 Å². The van der Waals surface area contributed by atoms with Gasteiger partial charge in [-0.1, -0.05) is 44.0 Å². The summed E-state index contributed by atoms with van der Waals surface area (Å²) >= 11 is 0. The quantitative estimate of drug-likeness (QED) is 0.458. The predicted octanol–water partition coefficient (Wildman–Crippen LogP) is 3.84. The van der Waals surface area contributed by atoms with Crippen molar-refractivity contribution in [1.82, 2.24) is 0 Å². The third-order valence-electron chi connectivity index (χ3n) is 1.76. The smallest absolute Gasteiger partial charge is 0.0450 e. The van der Waals surface area contributed by atoms with E-state index >= 15 is 0 Å². The predicted molar refractivity (Wildman–Crippen MR) is 65.5 cm³/mol. The molecule has 0 spiro atoms. The molecule has 0 bridgehead atoms. The van der Waals surface area contributed by atoms with Gasteiger partial charge >= 0.3 is 0 Å². The molecule has 0 aliphatic rings. The van der Waals surface area contributed by atoms with Crippen molar-refractivity contribution in [3.63, 3.8) is 0 Å². The van der Waals surface area contributed by atoms with Crippen LogP contribution >= 0.6 is 0 Å². The van der Waals surface area contributed by atoms with E-state index in [1.807, 2.05) is 26.0 Å². The van der Waals surface area contributed by atoms with Crippen molar-refractivity contribution in [3.8, 4) is 0 Å². The first-order valence-electron chi connectivity index (χ1n) is 4.48. The van der Waals surface area contributed by atoms with Crippen LogP contribution in [0.15, 0.2) is 66.4 Å². The Bertz CT molecular complexity index is 304. The third-order valence-corrected chi connectivity index (χ3v) is 1.76. The van der Waals surface area contributed by atoms with Gasteiger partial charge in [-0.15, -0.1) is 0 Å². The summed E-state index contributed by atoms with van der Waals surface area (Å²) in [7, 11) is 0. The topological polar surface area (TPSA) is 12.4 Å². The van der Waals surface area contributed by atoms with E-state index in [-0.39, 0.29) is 0 Å². The highest BCUT2D eigenvalue weighted by atomic mass is 14.7. The maximum Gasteiger partial charge on any atom is 0.0450 e. The minimum Gasteiger partial charge on any atom is -0.262 e. The van der Waals surface area contributed by atoms with Gasteiger partial charge < -0.3 is 0 Å². The summed E-state index contributed by atoms with van der Waals surface area (Å²) in [5.74, 6) is 0. The Kier molecular flexibility index (Phi) is 6.04. The third kappa shape index (κ3) is 3.40. The largest absolute Gasteiger partial charge is 0.262 e. The lowest BCUT2D eigenvalue weighted by atomic mass is 10.0. The number of rotatable bonds is 5. The molecule has 1 nitrogen and oxygen atoms in total. The maximum absolute atomic E-state index is 4.14. The van der Waals surface area contributed by atoms with Gasteiger partial charge in [-0.2, -0.15) is 0 Å². The number of hydrogen-bond acceptors (Lipinski definition) is 1. The van der Waals surface area contributed by atoms with Gasteiger partial charge in [0.05, 0.1) is 0 Å². The lowest BCUT2D eigenvalue weighted by molar-refractivity contribution is 1.49. The van der Waals surface area contributed by atoms with Gasteiger partial charge in [-0.3, -0.25) is 4.99 Å². The van der Waals surface area contributed by atoms with Gasteiger partial charge in [0.2, 0.25) is 0 Å². The minimum absolute atomic E-state index is 0.910. The molecule has 0 heterocycles. The first-order chi connectivity index (χ1) is 6.71. The molecular weight excluding hydrogens is 170 g/mol. The molecule has 0 rings (SSSR count). The molecule has 0 aromatic heterocycles. The van der Waals surface area contributed by atoms with Crippen molar-refractivity contribution in [2.45, 2.75) is 13.8 Å². The average molecular weight is 187 g/mol. The fraction of sp³-hybridized carbons (Fsp3) is 0.154. The minimum atomic E-state index is 0.910. The highest BCUT2D eigenvalue weighted by molar-refractivity contribution is 6.02. The number of nitrogens with zero attached hydrogens (tertiary/aromatic N) is 1. The zero-order chi connectivity index (χ0) is 11.0. The van der Waals surface area contributed by atoms with Crippen LogP contribution in [0, 0.1) is 0 Å².